The van der Waals surface area contributed by atoms with E-state index in [-0.39, 0.29) is 22.3 Å². The maximum absolute atomic E-state index is 13.3. The van der Waals surface area contributed by atoms with Crippen molar-refractivity contribution in [2.45, 2.75) is 71.4 Å². The van der Waals surface area contributed by atoms with Crippen molar-refractivity contribution in [2.24, 2.45) is 0 Å². The Bertz CT molecular complexity index is 1530. The Morgan fingerprint density at radius 2 is 1.32 bits per heavy atom. The van der Waals surface area contributed by atoms with Crippen LogP contribution in [0.5, 0.6) is 11.5 Å². The van der Waals surface area contributed by atoms with E-state index in [1.807, 2.05) is 0 Å². The van der Waals surface area contributed by atoms with Gasteiger partial charge in [-0.3, -0.25) is 28.8 Å². The van der Waals surface area contributed by atoms with Crippen molar-refractivity contribution in [3.05, 3.63) is 58.1 Å². The molecule has 1 aliphatic heterocycles. The van der Waals surface area contributed by atoms with E-state index >= 15 is 0 Å². The lowest BCUT2D eigenvalue weighted by molar-refractivity contribution is -0.316. The van der Waals surface area contributed by atoms with Crippen LogP contribution in [0.1, 0.15) is 78.1 Å². The van der Waals surface area contributed by atoms with Crippen molar-refractivity contribution in [2.75, 3.05) is 6.61 Å². The molecule has 0 bridgehead atoms. The van der Waals surface area contributed by atoms with Crippen LogP contribution in [0, 0.1) is 0 Å². The van der Waals surface area contributed by atoms with E-state index < -0.39 is 95.9 Å². The number of ether oxygens (including phenoxy) is 6. The molecule has 14 heteroatoms. The summed E-state index contributed by atoms with van der Waals surface area (Å²) >= 11 is 0. The SMILES string of the molecule is CC(=O)OC[C@H]1O[C@H](O[C@@H](C)c2cc(O)c3c(c2O)C(=O)c2ccccc2C3=O)[C@@H](OC(C)=O)[C@H](OC(C)=O)[C@H]1OC(C)=O. The topological polar surface area (TPSA) is 198 Å². The van der Waals surface area contributed by atoms with Gasteiger partial charge in [0.25, 0.3) is 0 Å². The van der Waals surface area contributed by atoms with E-state index in [0.717, 1.165) is 33.8 Å². The summed E-state index contributed by atoms with van der Waals surface area (Å²) in [6.07, 6.45) is -8.63. The molecule has 2 aromatic rings. The van der Waals surface area contributed by atoms with Crippen LogP contribution in [-0.2, 0) is 47.6 Å². The molecule has 4 rings (SSSR count). The predicted molar refractivity (Wildman–Crippen MR) is 145 cm³/mol. The van der Waals surface area contributed by atoms with Crippen molar-refractivity contribution in [3.63, 3.8) is 0 Å². The van der Waals surface area contributed by atoms with Gasteiger partial charge in [-0.15, -0.1) is 0 Å². The molecule has 1 heterocycles. The molecule has 44 heavy (non-hydrogen) atoms. The number of hydrogen-bond donors (Lipinski definition) is 2. The molecule has 0 amide bonds. The zero-order valence-electron chi connectivity index (χ0n) is 24.4. The molecule has 2 N–H and O–H groups in total. The highest BCUT2D eigenvalue weighted by atomic mass is 16.7. The maximum Gasteiger partial charge on any atom is 0.303 e. The molecule has 0 aromatic heterocycles. The van der Waals surface area contributed by atoms with Gasteiger partial charge in [-0.2, -0.15) is 0 Å². The van der Waals surface area contributed by atoms with Crippen molar-refractivity contribution >= 4 is 35.4 Å². The molecule has 0 radical (unpaired) electrons. The average Bonchev–Trinajstić information content (AvgIpc) is 2.94. The maximum atomic E-state index is 13.3. The quantitative estimate of drug-likeness (QED) is 0.212. The number of esters is 4. The molecule has 1 fully saturated rings. The highest BCUT2D eigenvalue weighted by Gasteiger charge is 2.53. The Hall–Kier alpha value is -4.82. The summed E-state index contributed by atoms with van der Waals surface area (Å²) < 4.78 is 33.1. The molecule has 2 aliphatic rings. The molecule has 14 nitrogen and oxygen atoms in total. The van der Waals surface area contributed by atoms with Gasteiger partial charge in [-0.1, -0.05) is 24.3 Å². The number of ketones is 2. The highest BCUT2D eigenvalue weighted by molar-refractivity contribution is 6.30. The lowest BCUT2D eigenvalue weighted by Gasteiger charge is -2.44. The Morgan fingerprint density at radius 3 is 1.86 bits per heavy atom. The second-order valence-corrected chi connectivity index (χ2v) is 10.1. The number of carbonyl (C=O) groups is 6. The van der Waals surface area contributed by atoms with E-state index in [4.69, 9.17) is 28.4 Å². The van der Waals surface area contributed by atoms with Gasteiger partial charge in [-0.05, 0) is 13.0 Å². The minimum atomic E-state index is -1.61. The minimum Gasteiger partial charge on any atom is -0.507 e. The monoisotopic (exact) mass is 614 g/mol. The first-order valence-electron chi connectivity index (χ1n) is 13.4. The molecule has 2 aromatic carbocycles. The number of fused-ring (bicyclic) bond motifs is 2. The molecule has 0 saturated carbocycles. The molecular formula is C30H30O14. The van der Waals surface area contributed by atoms with Crippen LogP contribution in [0.25, 0.3) is 0 Å². The number of aromatic hydroxyl groups is 2. The molecule has 0 spiro atoms. The van der Waals surface area contributed by atoms with Gasteiger partial charge in [0.1, 0.15) is 24.2 Å². The Labute approximate surface area is 250 Å². The minimum absolute atomic E-state index is 0.0324. The highest BCUT2D eigenvalue weighted by Crippen LogP contribution is 2.43. The van der Waals surface area contributed by atoms with Crippen LogP contribution in [0.15, 0.2) is 30.3 Å². The van der Waals surface area contributed by atoms with E-state index in [0.29, 0.717) is 0 Å². The van der Waals surface area contributed by atoms with Crippen molar-refractivity contribution < 1.29 is 67.4 Å². The first-order valence-corrected chi connectivity index (χ1v) is 13.4. The second-order valence-electron chi connectivity index (χ2n) is 10.1. The standard InChI is InChI=1S/C30H30O14/c1-12(19-10-20(35)22-23(26(19)38)25(37)18-9-7-6-8-17(18)24(22)36)40-30-29(43-16(5)34)28(42-15(4)33)27(41-14(3)32)21(44-30)11-39-13(2)31/h6-10,12,21,27-30,35,38H,11H2,1-5H3/t12-,21+,27-,28+,29-,30-/m0/s1. The number of phenols is 2. The van der Waals surface area contributed by atoms with Gasteiger partial charge in [0.05, 0.1) is 17.2 Å². The summed E-state index contributed by atoms with van der Waals surface area (Å²) in [6.45, 7) is 5.24. The van der Waals surface area contributed by atoms with E-state index in [2.05, 4.69) is 0 Å². The van der Waals surface area contributed by atoms with E-state index in [1.165, 1.54) is 19.1 Å². The fourth-order valence-electron chi connectivity index (χ4n) is 5.16. The summed E-state index contributed by atoms with van der Waals surface area (Å²) in [5.74, 6) is -5.83. The predicted octanol–water partition coefficient (Wildman–Crippen LogP) is 2.03. The average molecular weight is 615 g/mol. The smallest absolute Gasteiger partial charge is 0.303 e. The summed E-state index contributed by atoms with van der Waals surface area (Å²) in [6, 6.07) is 7.00. The van der Waals surface area contributed by atoms with Gasteiger partial charge >= 0.3 is 23.9 Å². The van der Waals surface area contributed by atoms with Crippen LogP contribution in [0.2, 0.25) is 0 Å². The normalized spacial score (nSPS) is 23.1. The summed E-state index contributed by atoms with van der Waals surface area (Å²) in [5, 5.41) is 22.0. The van der Waals surface area contributed by atoms with Crippen LogP contribution in [-0.4, -0.2) is 83.0 Å². The van der Waals surface area contributed by atoms with Gasteiger partial charge in [-0.25, -0.2) is 0 Å². The Morgan fingerprint density at radius 1 is 0.795 bits per heavy atom. The zero-order chi connectivity index (χ0) is 32.5. The molecule has 234 valence electrons. The van der Waals surface area contributed by atoms with Crippen LogP contribution < -0.4 is 0 Å². The van der Waals surface area contributed by atoms with E-state index in [9.17, 15) is 39.0 Å². The first-order chi connectivity index (χ1) is 20.7. The lowest BCUT2D eigenvalue weighted by atomic mass is 9.81. The van der Waals surface area contributed by atoms with Crippen LogP contribution >= 0.6 is 0 Å². The third-order valence-corrected chi connectivity index (χ3v) is 6.90. The van der Waals surface area contributed by atoms with Crippen LogP contribution in [0.4, 0.5) is 0 Å². The summed E-state index contributed by atoms with van der Waals surface area (Å²) in [7, 11) is 0. The summed E-state index contributed by atoms with van der Waals surface area (Å²) in [5.41, 5.74) is -0.857. The van der Waals surface area contributed by atoms with Crippen LogP contribution in [0.3, 0.4) is 0 Å². The van der Waals surface area contributed by atoms with Crippen molar-refractivity contribution in [1.29, 1.82) is 0 Å². The number of phenolic OH excluding ortho intramolecular Hbond substituents is 2. The third-order valence-electron chi connectivity index (χ3n) is 6.90. The summed E-state index contributed by atoms with van der Waals surface area (Å²) in [4.78, 5) is 74.1. The Balaban J connectivity index is 1.75. The largest absolute Gasteiger partial charge is 0.507 e. The van der Waals surface area contributed by atoms with Crippen molar-refractivity contribution in [1.82, 2.24) is 0 Å². The molecule has 1 aliphatic carbocycles. The van der Waals surface area contributed by atoms with Crippen molar-refractivity contribution in [3.8, 4) is 11.5 Å². The molecule has 1 saturated heterocycles. The molecular weight excluding hydrogens is 584 g/mol. The third kappa shape index (κ3) is 6.40. The zero-order valence-corrected chi connectivity index (χ0v) is 24.4. The lowest BCUT2D eigenvalue weighted by Crippen LogP contribution is -2.63. The fraction of sp³-hybridized carbons (Fsp3) is 0.400. The van der Waals surface area contributed by atoms with Gasteiger partial charge in [0.2, 0.25) is 0 Å². The van der Waals surface area contributed by atoms with Gasteiger partial charge in [0.15, 0.2) is 36.2 Å². The van der Waals surface area contributed by atoms with Gasteiger partial charge in [0, 0.05) is 44.4 Å². The Kier molecular flexibility index (Phi) is 9.35. The van der Waals surface area contributed by atoms with E-state index in [1.54, 1.807) is 12.1 Å². The fourth-order valence-corrected chi connectivity index (χ4v) is 5.16. The molecule has 6 atom stereocenters. The second kappa shape index (κ2) is 12.8. The number of hydrogen-bond acceptors (Lipinski definition) is 14. The molecule has 0 unspecified atom stereocenters. The first kappa shape index (κ1) is 32.1. The number of rotatable bonds is 8. The number of carbonyl (C=O) groups excluding carboxylic acids is 6. The number of benzene rings is 2. The van der Waals surface area contributed by atoms with Gasteiger partial charge < -0.3 is 38.6 Å².